The van der Waals surface area contributed by atoms with Crippen LogP contribution in [0.3, 0.4) is 0 Å². The monoisotopic (exact) mass is 330 g/mol. The van der Waals surface area contributed by atoms with Crippen LogP contribution in [0.1, 0.15) is 57.1 Å². The van der Waals surface area contributed by atoms with Crippen molar-refractivity contribution in [2.75, 3.05) is 5.32 Å². The van der Waals surface area contributed by atoms with Gasteiger partial charge in [-0.2, -0.15) is 0 Å². The van der Waals surface area contributed by atoms with Gasteiger partial charge in [-0.3, -0.25) is 9.59 Å². The maximum Gasteiger partial charge on any atom is 0.227 e. The van der Waals surface area contributed by atoms with Crippen LogP contribution in [0, 0.1) is 25.7 Å². The van der Waals surface area contributed by atoms with Crippen molar-refractivity contribution >= 4 is 17.5 Å². The Morgan fingerprint density at radius 2 is 1.67 bits per heavy atom. The van der Waals surface area contributed by atoms with Gasteiger partial charge in [0.15, 0.2) is 0 Å². The fourth-order valence-electron chi connectivity index (χ4n) is 3.20. The number of rotatable bonds is 5. The van der Waals surface area contributed by atoms with E-state index < -0.39 is 0 Å². The molecular weight excluding hydrogens is 300 g/mol. The van der Waals surface area contributed by atoms with Crippen LogP contribution >= 0.6 is 0 Å². The lowest BCUT2D eigenvalue weighted by Crippen LogP contribution is -2.39. The second kappa shape index (κ2) is 8.32. The number of hydrogen-bond acceptors (Lipinski definition) is 2. The van der Waals surface area contributed by atoms with E-state index in [4.69, 9.17) is 0 Å². The molecule has 1 aliphatic rings. The summed E-state index contributed by atoms with van der Waals surface area (Å²) in [5, 5.41) is 6.12. The van der Waals surface area contributed by atoms with Gasteiger partial charge < -0.3 is 10.6 Å². The van der Waals surface area contributed by atoms with E-state index in [1.54, 1.807) is 0 Å². The summed E-state index contributed by atoms with van der Waals surface area (Å²) >= 11 is 0. The minimum Gasteiger partial charge on any atom is -0.353 e. The van der Waals surface area contributed by atoms with Gasteiger partial charge in [0.2, 0.25) is 11.8 Å². The Morgan fingerprint density at radius 1 is 1.08 bits per heavy atom. The molecule has 0 bridgehead atoms. The van der Waals surface area contributed by atoms with Crippen molar-refractivity contribution in [1.29, 1.82) is 0 Å². The van der Waals surface area contributed by atoms with Gasteiger partial charge in [-0.25, -0.2) is 0 Å². The minimum absolute atomic E-state index is 0.0116. The molecule has 1 unspecified atom stereocenters. The number of aryl methyl sites for hydroxylation is 1. The largest absolute Gasteiger partial charge is 0.353 e. The lowest BCUT2D eigenvalue weighted by molar-refractivity contribution is -0.129. The van der Waals surface area contributed by atoms with Crippen LogP contribution in [0.4, 0.5) is 5.69 Å². The van der Waals surface area contributed by atoms with Gasteiger partial charge in [0.05, 0.1) is 0 Å². The highest BCUT2D eigenvalue weighted by atomic mass is 16.2. The summed E-state index contributed by atoms with van der Waals surface area (Å²) in [5.41, 5.74) is 3.20. The number of carbonyl (C=O) groups excluding carboxylic acids is 2. The third kappa shape index (κ3) is 4.59. The number of nitrogens with one attached hydrogen (secondary N) is 2. The van der Waals surface area contributed by atoms with E-state index in [9.17, 15) is 9.59 Å². The molecule has 1 fully saturated rings. The van der Waals surface area contributed by atoms with E-state index in [1.165, 1.54) is 5.56 Å². The molecule has 4 nitrogen and oxygen atoms in total. The highest BCUT2D eigenvalue weighted by Crippen LogP contribution is 2.30. The third-order valence-corrected chi connectivity index (χ3v) is 5.33. The van der Waals surface area contributed by atoms with Crippen LogP contribution in [-0.4, -0.2) is 17.9 Å². The third-order valence-electron chi connectivity index (χ3n) is 5.33. The van der Waals surface area contributed by atoms with Gasteiger partial charge in [0.25, 0.3) is 0 Å². The molecule has 1 aromatic carbocycles. The molecule has 2 N–H and O–H groups in total. The summed E-state index contributed by atoms with van der Waals surface area (Å²) in [6.45, 7) is 8.17. The molecular formula is C20H30N2O2. The summed E-state index contributed by atoms with van der Waals surface area (Å²) in [6, 6.07) is 6.19. The number of benzene rings is 1. The van der Waals surface area contributed by atoms with Crippen LogP contribution in [0.25, 0.3) is 0 Å². The van der Waals surface area contributed by atoms with Crippen molar-refractivity contribution in [2.24, 2.45) is 11.8 Å². The van der Waals surface area contributed by atoms with Crippen molar-refractivity contribution in [1.82, 2.24) is 5.32 Å². The summed E-state index contributed by atoms with van der Waals surface area (Å²) in [4.78, 5) is 24.7. The molecule has 2 rings (SSSR count). The molecule has 0 radical (unpaired) electrons. The fourth-order valence-corrected chi connectivity index (χ4v) is 3.20. The molecule has 24 heavy (non-hydrogen) atoms. The van der Waals surface area contributed by atoms with Crippen LogP contribution in [0.5, 0.6) is 0 Å². The molecule has 0 aliphatic heterocycles. The van der Waals surface area contributed by atoms with E-state index in [0.717, 1.165) is 43.4 Å². The molecule has 1 saturated carbocycles. The highest BCUT2D eigenvalue weighted by molar-refractivity contribution is 5.93. The Balaban J connectivity index is 1.86. The van der Waals surface area contributed by atoms with E-state index in [2.05, 4.69) is 17.6 Å². The summed E-state index contributed by atoms with van der Waals surface area (Å²) in [5.74, 6) is 0.309. The molecule has 1 atom stereocenters. The molecule has 2 amide bonds. The highest BCUT2D eigenvalue weighted by Gasteiger charge is 2.30. The zero-order chi connectivity index (χ0) is 17.7. The number of amides is 2. The van der Waals surface area contributed by atoms with Crippen LogP contribution in [-0.2, 0) is 9.59 Å². The first kappa shape index (κ1) is 18.5. The number of carbonyl (C=O) groups is 2. The van der Waals surface area contributed by atoms with E-state index in [-0.39, 0.29) is 29.7 Å². The molecule has 4 heteroatoms. The van der Waals surface area contributed by atoms with Crippen LogP contribution in [0.15, 0.2) is 18.2 Å². The van der Waals surface area contributed by atoms with Crippen molar-refractivity contribution in [3.05, 3.63) is 29.3 Å². The first-order chi connectivity index (χ1) is 11.4. The maximum absolute atomic E-state index is 12.5. The van der Waals surface area contributed by atoms with Gasteiger partial charge in [0.1, 0.15) is 0 Å². The van der Waals surface area contributed by atoms with Crippen LogP contribution in [0.2, 0.25) is 0 Å². The van der Waals surface area contributed by atoms with Gasteiger partial charge in [-0.1, -0.05) is 19.1 Å². The molecule has 0 heterocycles. The molecule has 132 valence electrons. The van der Waals surface area contributed by atoms with E-state index >= 15 is 0 Å². The topological polar surface area (TPSA) is 58.2 Å². The predicted octanol–water partition coefficient (Wildman–Crippen LogP) is 3.96. The molecule has 0 spiro atoms. The van der Waals surface area contributed by atoms with Crippen molar-refractivity contribution in [2.45, 2.75) is 65.8 Å². The lowest BCUT2D eigenvalue weighted by atomic mass is 9.81. The van der Waals surface area contributed by atoms with Gasteiger partial charge in [-0.05, 0) is 70.1 Å². The van der Waals surface area contributed by atoms with Gasteiger partial charge in [0, 0.05) is 23.6 Å². The zero-order valence-corrected chi connectivity index (χ0v) is 15.3. The second-order valence-electron chi connectivity index (χ2n) is 7.10. The average molecular weight is 330 g/mol. The van der Waals surface area contributed by atoms with E-state index in [1.807, 2.05) is 39.0 Å². The standard InChI is InChI=1S/C20H30N2O2/c1-5-14(3)21-19(23)16-9-11-17(12-10-16)20(24)22-18-8-6-7-13(2)15(18)4/h6-8,14,16-17H,5,9-12H2,1-4H3,(H,21,23)(H,22,24). The molecule has 1 aromatic rings. The minimum atomic E-state index is 0.0116. The smallest absolute Gasteiger partial charge is 0.227 e. The Labute approximate surface area is 145 Å². The van der Waals surface area contributed by atoms with Crippen molar-refractivity contribution in [3.8, 4) is 0 Å². The van der Waals surface area contributed by atoms with Crippen LogP contribution < -0.4 is 10.6 Å². The summed E-state index contributed by atoms with van der Waals surface area (Å²) in [6.07, 6.45) is 4.12. The Kier molecular flexibility index (Phi) is 6.41. The second-order valence-corrected chi connectivity index (χ2v) is 7.10. The normalized spacial score (nSPS) is 21.8. The van der Waals surface area contributed by atoms with E-state index in [0.29, 0.717) is 0 Å². The maximum atomic E-state index is 12.5. The summed E-state index contributed by atoms with van der Waals surface area (Å²) in [7, 11) is 0. The Bertz CT molecular complexity index is 589. The fraction of sp³-hybridized carbons (Fsp3) is 0.600. The zero-order valence-electron chi connectivity index (χ0n) is 15.3. The quantitative estimate of drug-likeness (QED) is 0.858. The van der Waals surface area contributed by atoms with Gasteiger partial charge >= 0.3 is 0 Å². The predicted molar refractivity (Wildman–Crippen MR) is 97.9 cm³/mol. The molecule has 0 saturated heterocycles. The Hall–Kier alpha value is -1.84. The van der Waals surface area contributed by atoms with Crippen molar-refractivity contribution in [3.63, 3.8) is 0 Å². The first-order valence-corrected chi connectivity index (χ1v) is 9.09. The summed E-state index contributed by atoms with van der Waals surface area (Å²) < 4.78 is 0. The lowest BCUT2D eigenvalue weighted by Gasteiger charge is -2.28. The average Bonchev–Trinajstić information content (AvgIpc) is 2.58. The van der Waals surface area contributed by atoms with Gasteiger partial charge in [-0.15, -0.1) is 0 Å². The SMILES string of the molecule is CCC(C)NC(=O)C1CCC(C(=O)Nc2cccc(C)c2C)CC1. The van der Waals surface area contributed by atoms with Crippen molar-refractivity contribution < 1.29 is 9.59 Å². The Morgan fingerprint density at radius 3 is 2.25 bits per heavy atom. The number of anilines is 1. The molecule has 1 aliphatic carbocycles. The first-order valence-electron chi connectivity index (χ1n) is 9.09. The molecule has 0 aromatic heterocycles. The number of hydrogen-bond donors (Lipinski definition) is 2.